The number of nitrogens with two attached hydrogens (primary N) is 1. The number of aromatic nitrogens is 5. The van der Waals surface area contributed by atoms with Crippen molar-refractivity contribution in [2.45, 2.75) is 13.5 Å². The lowest BCUT2D eigenvalue weighted by atomic mass is 10.3. The molecule has 0 amide bonds. The summed E-state index contributed by atoms with van der Waals surface area (Å²) < 4.78 is 1.53. The lowest BCUT2D eigenvalue weighted by Crippen LogP contribution is -2.15. The number of hydrazine groups is 1. The fraction of sp³-hybridized carbons (Fsp3) is 0.333. The van der Waals surface area contributed by atoms with E-state index in [9.17, 15) is 10.1 Å². The van der Waals surface area contributed by atoms with Gasteiger partial charge in [-0.15, -0.1) is 0 Å². The van der Waals surface area contributed by atoms with Crippen LogP contribution in [0.15, 0.2) is 6.33 Å². The molecule has 0 fully saturated rings. The Hall–Kier alpha value is -2.82. The van der Waals surface area contributed by atoms with Crippen molar-refractivity contribution in [3.05, 3.63) is 28.0 Å². The van der Waals surface area contributed by atoms with Crippen LogP contribution in [0.3, 0.4) is 0 Å². The highest BCUT2D eigenvalue weighted by Gasteiger charge is 2.22. The van der Waals surface area contributed by atoms with E-state index in [0.717, 1.165) is 0 Å². The average Bonchev–Trinajstić information content (AvgIpc) is 2.81. The largest absolute Gasteiger partial charge is 0.357 e. The molecule has 0 atom stereocenters. The van der Waals surface area contributed by atoms with E-state index in [1.54, 1.807) is 7.05 Å². The molecule has 20 heavy (non-hydrogen) atoms. The Bertz CT molecular complexity index is 638. The maximum Gasteiger partial charge on any atom is 0.332 e. The summed E-state index contributed by atoms with van der Waals surface area (Å²) in [6.07, 6.45) is 1.53. The zero-order valence-corrected chi connectivity index (χ0v) is 10.9. The third-order valence-corrected chi connectivity index (χ3v) is 2.43. The van der Waals surface area contributed by atoms with Crippen LogP contribution in [0.1, 0.15) is 11.5 Å². The van der Waals surface area contributed by atoms with E-state index in [4.69, 9.17) is 5.84 Å². The molecule has 0 saturated carbocycles. The molecule has 0 aromatic carbocycles. The molecule has 11 nitrogen and oxygen atoms in total. The van der Waals surface area contributed by atoms with Gasteiger partial charge in [0.05, 0.1) is 11.5 Å². The second-order valence-corrected chi connectivity index (χ2v) is 3.92. The predicted molar refractivity (Wildman–Crippen MR) is 69.6 cm³/mol. The van der Waals surface area contributed by atoms with Gasteiger partial charge in [0, 0.05) is 7.05 Å². The lowest BCUT2D eigenvalue weighted by Gasteiger charge is -2.07. The zero-order chi connectivity index (χ0) is 14.7. The first kappa shape index (κ1) is 13.6. The van der Waals surface area contributed by atoms with Crippen LogP contribution >= 0.6 is 0 Å². The van der Waals surface area contributed by atoms with E-state index in [0.29, 0.717) is 5.82 Å². The third-order valence-electron chi connectivity index (χ3n) is 2.43. The summed E-state index contributed by atoms with van der Waals surface area (Å²) in [5, 5.41) is 17.9. The molecule has 11 heteroatoms. The monoisotopic (exact) mass is 279 g/mol. The van der Waals surface area contributed by atoms with Crippen LogP contribution in [0.5, 0.6) is 0 Å². The highest BCUT2D eigenvalue weighted by atomic mass is 16.6. The topological polar surface area (TPSA) is 150 Å². The number of aryl methyl sites for hydroxylation is 2. The number of nitrogen functional groups attached to an aromatic ring is 1. The maximum absolute atomic E-state index is 11.1. The molecule has 0 unspecified atom stereocenters. The van der Waals surface area contributed by atoms with E-state index in [-0.39, 0.29) is 29.7 Å². The van der Waals surface area contributed by atoms with Crippen molar-refractivity contribution in [2.24, 2.45) is 12.9 Å². The molecule has 0 radical (unpaired) electrons. The maximum atomic E-state index is 11.1. The Balaban J connectivity index is 2.28. The van der Waals surface area contributed by atoms with E-state index < -0.39 is 4.92 Å². The van der Waals surface area contributed by atoms with Gasteiger partial charge >= 0.3 is 5.69 Å². The van der Waals surface area contributed by atoms with Crippen molar-refractivity contribution in [1.29, 1.82) is 0 Å². The molecule has 2 rings (SSSR count). The minimum absolute atomic E-state index is 0.0582. The molecule has 2 aromatic rings. The molecule has 4 N–H and O–H groups in total. The summed E-state index contributed by atoms with van der Waals surface area (Å²) in [4.78, 5) is 22.3. The normalized spacial score (nSPS) is 10.3. The van der Waals surface area contributed by atoms with Gasteiger partial charge in [-0.3, -0.25) is 20.2 Å². The van der Waals surface area contributed by atoms with Crippen LogP contribution in [-0.4, -0.2) is 29.7 Å². The molecular formula is C9H13N9O2. The van der Waals surface area contributed by atoms with Gasteiger partial charge in [0.15, 0.2) is 5.82 Å². The molecule has 0 spiro atoms. The highest BCUT2D eigenvalue weighted by molar-refractivity contribution is 5.60. The molecular weight excluding hydrogens is 266 g/mol. The zero-order valence-electron chi connectivity index (χ0n) is 10.9. The van der Waals surface area contributed by atoms with Crippen molar-refractivity contribution in [3.63, 3.8) is 0 Å². The summed E-state index contributed by atoms with van der Waals surface area (Å²) in [6, 6.07) is 0. The van der Waals surface area contributed by atoms with Crippen LogP contribution in [0.25, 0.3) is 0 Å². The number of anilines is 2. The van der Waals surface area contributed by atoms with Crippen molar-refractivity contribution in [3.8, 4) is 0 Å². The first-order valence-electron chi connectivity index (χ1n) is 5.59. The van der Waals surface area contributed by atoms with Crippen LogP contribution in [0.2, 0.25) is 0 Å². The molecule has 0 aliphatic carbocycles. The highest BCUT2D eigenvalue weighted by Crippen LogP contribution is 2.26. The Morgan fingerprint density at radius 3 is 2.80 bits per heavy atom. The minimum Gasteiger partial charge on any atom is -0.357 e. The number of nitrogens with one attached hydrogen (secondary N) is 2. The van der Waals surface area contributed by atoms with Gasteiger partial charge in [-0.2, -0.15) is 10.1 Å². The predicted octanol–water partition coefficient (Wildman–Crippen LogP) is -0.281. The van der Waals surface area contributed by atoms with Crippen molar-refractivity contribution >= 4 is 17.5 Å². The number of nitro groups is 1. The Morgan fingerprint density at radius 2 is 2.25 bits per heavy atom. The van der Waals surface area contributed by atoms with E-state index >= 15 is 0 Å². The molecule has 0 aliphatic rings. The first-order valence-corrected chi connectivity index (χ1v) is 5.59. The quantitative estimate of drug-likeness (QED) is 0.381. The summed E-state index contributed by atoms with van der Waals surface area (Å²) in [5.74, 6) is 5.86. The van der Waals surface area contributed by atoms with Gasteiger partial charge in [0.1, 0.15) is 12.0 Å². The smallest absolute Gasteiger partial charge is 0.332 e. The SMILES string of the molecule is Cc1nc(NN)nc(NCc2ncn(C)n2)c1[N+](=O)[O-]. The van der Waals surface area contributed by atoms with Crippen molar-refractivity contribution in [2.75, 3.05) is 10.7 Å². The number of hydrogen-bond acceptors (Lipinski definition) is 9. The second kappa shape index (κ2) is 5.44. The van der Waals surface area contributed by atoms with Gasteiger partial charge < -0.3 is 5.32 Å². The van der Waals surface area contributed by atoms with Gasteiger partial charge in [-0.25, -0.2) is 15.8 Å². The fourth-order valence-corrected chi connectivity index (χ4v) is 1.60. The minimum atomic E-state index is -0.552. The molecule has 2 aromatic heterocycles. The van der Waals surface area contributed by atoms with E-state index in [1.165, 1.54) is 17.9 Å². The number of nitrogens with zero attached hydrogens (tertiary/aromatic N) is 6. The van der Waals surface area contributed by atoms with Gasteiger partial charge in [-0.1, -0.05) is 0 Å². The van der Waals surface area contributed by atoms with Crippen LogP contribution in [-0.2, 0) is 13.6 Å². The summed E-state index contributed by atoms with van der Waals surface area (Å²) in [7, 11) is 1.73. The number of hydrogen-bond donors (Lipinski definition) is 3. The van der Waals surface area contributed by atoms with Crippen LogP contribution in [0, 0.1) is 17.0 Å². The fourth-order valence-electron chi connectivity index (χ4n) is 1.60. The Labute approximate surface area is 113 Å². The summed E-state index contributed by atoms with van der Waals surface area (Å²) in [5.41, 5.74) is 2.25. The van der Waals surface area contributed by atoms with Crippen molar-refractivity contribution < 1.29 is 4.92 Å². The van der Waals surface area contributed by atoms with Gasteiger partial charge in [0.25, 0.3) is 0 Å². The van der Waals surface area contributed by atoms with Gasteiger partial charge in [0.2, 0.25) is 11.8 Å². The van der Waals surface area contributed by atoms with Crippen LogP contribution in [0.4, 0.5) is 17.5 Å². The first-order chi connectivity index (χ1) is 9.51. The molecule has 0 bridgehead atoms. The molecule has 0 aliphatic heterocycles. The Morgan fingerprint density at radius 1 is 1.50 bits per heavy atom. The lowest BCUT2D eigenvalue weighted by molar-refractivity contribution is -0.385. The summed E-state index contributed by atoms with van der Waals surface area (Å²) in [6.45, 7) is 1.70. The Kier molecular flexibility index (Phi) is 3.70. The number of rotatable bonds is 5. The second-order valence-electron chi connectivity index (χ2n) is 3.92. The standard InChI is InChI=1S/C9H13N9O2/c1-5-7(18(19)20)8(14-9(13-5)15-10)11-3-6-12-4-17(2)16-6/h4H,3,10H2,1-2H3,(H2,11,13,14,15). The average molecular weight is 279 g/mol. The van der Waals surface area contributed by atoms with E-state index in [1.807, 2.05) is 0 Å². The summed E-state index contributed by atoms with van der Waals surface area (Å²) >= 11 is 0. The third kappa shape index (κ3) is 2.77. The van der Waals surface area contributed by atoms with Crippen LogP contribution < -0.4 is 16.6 Å². The van der Waals surface area contributed by atoms with Gasteiger partial charge in [-0.05, 0) is 6.92 Å². The van der Waals surface area contributed by atoms with Crippen molar-refractivity contribution in [1.82, 2.24) is 24.7 Å². The van der Waals surface area contributed by atoms with E-state index in [2.05, 4.69) is 30.8 Å². The molecule has 0 saturated heterocycles. The molecule has 2 heterocycles. The molecule has 106 valence electrons.